The van der Waals surface area contributed by atoms with E-state index in [0.29, 0.717) is 54.2 Å². The number of hydrogen-bond acceptors (Lipinski definition) is 7. The summed E-state index contributed by atoms with van der Waals surface area (Å²) >= 11 is 6.05. The minimum Gasteiger partial charge on any atom is -0.354 e. The van der Waals surface area contributed by atoms with Gasteiger partial charge in [0.15, 0.2) is 0 Å². The molecule has 0 bridgehead atoms. The molecule has 32 heavy (non-hydrogen) atoms. The van der Waals surface area contributed by atoms with E-state index < -0.39 is 10.0 Å². The third kappa shape index (κ3) is 4.85. The molecule has 2 aromatic heterocycles. The molecule has 4 rings (SSSR count). The summed E-state index contributed by atoms with van der Waals surface area (Å²) in [6, 6.07) is 10.7. The van der Waals surface area contributed by atoms with Crippen LogP contribution in [0.4, 0.5) is 17.5 Å². The van der Waals surface area contributed by atoms with E-state index in [-0.39, 0.29) is 4.90 Å². The van der Waals surface area contributed by atoms with Crippen molar-refractivity contribution in [2.24, 2.45) is 0 Å². The van der Waals surface area contributed by atoms with Gasteiger partial charge in [-0.05, 0) is 56.2 Å². The summed E-state index contributed by atoms with van der Waals surface area (Å²) in [5.74, 6) is 2.74. The molecule has 8 nitrogen and oxygen atoms in total. The third-order valence-electron chi connectivity index (χ3n) is 5.33. The summed E-state index contributed by atoms with van der Waals surface area (Å²) in [5.41, 5.74) is 1.78. The first kappa shape index (κ1) is 22.4. The normalized spacial score (nSPS) is 15.1. The number of nitrogens with one attached hydrogen (secondary N) is 1. The van der Waals surface area contributed by atoms with Gasteiger partial charge in [0.25, 0.3) is 0 Å². The molecule has 3 heterocycles. The monoisotopic (exact) mass is 472 g/mol. The number of pyridine rings is 1. The van der Waals surface area contributed by atoms with Gasteiger partial charge in [0.2, 0.25) is 10.0 Å². The molecule has 1 fully saturated rings. The van der Waals surface area contributed by atoms with Crippen molar-refractivity contribution in [3.63, 3.8) is 0 Å². The molecule has 0 amide bonds. The molecule has 10 heteroatoms. The van der Waals surface area contributed by atoms with Gasteiger partial charge in [-0.15, -0.1) is 0 Å². The topological polar surface area (TPSA) is 91.3 Å². The maximum atomic E-state index is 13.1. The zero-order valence-corrected chi connectivity index (χ0v) is 19.8. The molecule has 1 aliphatic rings. The van der Waals surface area contributed by atoms with Crippen molar-refractivity contribution in [3.05, 3.63) is 64.6 Å². The molecule has 1 saturated heterocycles. The first-order chi connectivity index (χ1) is 15.2. The number of halogens is 1. The van der Waals surface area contributed by atoms with E-state index in [9.17, 15) is 8.42 Å². The Morgan fingerprint density at radius 3 is 2.41 bits per heavy atom. The van der Waals surface area contributed by atoms with Crippen molar-refractivity contribution in [2.45, 2.75) is 25.7 Å². The highest BCUT2D eigenvalue weighted by molar-refractivity contribution is 7.89. The van der Waals surface area contributed by atoms with Gasteiger partial charge in [-0.1, -0.05) is 17.7 Å². The Kier molecular flexibility index (Phi) is 6.32. The summed E-state index contributed by atoms with van der Waals surface area (Å²) < 4.78 is 27.8. The van der Waals surface area contributed by atoms with Gasteiger partial charge in [-0.3, -0.25) is 0 Å². The van der Waals surface area contributed by atoms with Crippen LogP contribution in [0.5, 0.6) is 0 Å². The van der Waals surface area contributed by atoms with Crippen molar-refractivity contribution in [2.75, 3.05) is 36.4 Å². The maximum Gasteiger partial charge on any atom is 0.243 e. The highest BCUT2D eigenvalue weighted by atomic mass is 35.5. The molecule has 1 aliphatic heterocycles. The summed E-state index contributed by atoms with van der Waals surface area (Å²) in [7, 11) is -3.61. The highest BCUT2D eigenvalue weighted by Crippen LogP contribution is 2.26. The Morgan fingerprint density at radius 2 is 1.69 bits per heavy atom. The van der Waals surface area contributed by atoms with Gasteiger partial charge in [0.1, 0.15) is 23.3 Å². The second-order valence-corrected chi connectivity index (χ2v) is 10.1. The number of rotatable bonds is 5. The number of aryl methyl sites for hydroxylation is 3. The van der Waals surface area contributed by atoms with Crippen molar-refractivity contribution >= 4 is 39.1 Å². The van der Waals surface area contributed by atoms with E-state index in [1.807, 2.05) is 32.0 Å². The molecular formula is C22H25ClN6O2S. The first-order valence-corrected chi connectivity index (χ1v) is 12.1. The number of anilines is 3. The Balaban J connectivity index is 1.49. The van der Waals surface area contributed by atoms with Gasteiger partial charge < -0.3 is 10.2 Å². The molecule has 0 atom stereocenters. The van der Waals surface area contributed by atoms with Gasteiger partial charge in [-0.25, -0.2) is 23.4 Å². The lowest BCUT2D eigenvalue weighted by molar-refractivity contribution is 0.383. The Morgan fingerprint density at radius 1 is 0.938 bits per heavy atom. The number of aromatic nitrogens is 3. The van der Waals surface area contributed by atoms with Crippen LogP contribution in [0.25, 0.3) is 0 Å². The second-order valence-electron chi connectivity index (χ2n) is 7.80. The average molecular weight is 473 g/mol. The van der Waals surface area contributed by atoms with Crippen molar-refractivity contribution < 1.29 is 8.42 Å². The summed E-state index contributed by atoms with van der Waals surface area (Å²) in [5, 5.41) is 3.63. The lowest BCUT2D eigenvalue weighted by atomic mass is 10.2. The fourth-order valence-corrected chi connectivity index (χ4v) is 5.57. The molecule has 0 aliphatic carbocycles. The van der Waals surface area contributed by atoms with Crippen LogP contribution in [0.15, 0.2) is 47.5 Å². The molecule has 0 spiro atoms. The van der Waals surface area contributed by atoms with Crippen molar-refractivity contribution in [1.82, 2.24) is 19.3 Å². The molecule has 0 unspecified atom stereocenters. The lowest BCUT2D eigenvalue weighted by Crippen LogP contribution is -2.49. The fraction of sp³-hybridized carbons (Fsp3) is 0.318. The first-order valence-electron chi connectivity index (χ1n) is 10.3. The van der Waals surface area contributed by atoms with Crippen LogP contribution in [0.2, 0.25) is 5.02 Å². The Labute approximate surface area is 193 Å². The molecule has 3 aromatic rings. The highest BCUT2D eigenvalue weighted by Gasteiger charge is 2.30. The number of benzene rings is 1. The Bertz CT molecular complexity index is 1240. The van der Waals surface area contributed by atoms with E-state index in [2.05, 4.69) is 25.2 Å². The van der Waals surface area contributed by atoms with Gasteiger partial charge in [0.05, 0.1) is 4.90 Å². The van der Waals surface area contributed by atoms with Crippen LogP contribution in [0.1, 0.15) is 17.0 Å². The largest absolute Gasteiger partial charge is 0.354 e. The predicted octanol–water partition coefficient (Wildman–Crippen LogP) is 3.70. The molecule has 0 saturated carbocycles. The van der Waals surface area contributed by atoms with E-state index in [0.717, 1.165) is 11.4 Å². The third-order valence-corrected chi connectivity index (χ3v) is 7.60. The molecular weight excluding hydrogens is 448 g/mol. The van der Waals surface area contributed by atoms with Crippen LogP contribution < -0.4 is 10.2 Å². The van der Waals surface area contributed by atoms with E-state index in [1.165, 1.54) is 10.4 Å². The van der Waals surface area contributed by atoms with E-state index >= 15 is 0 Å². The fourth-order valence-electron chi connectivity index (χ4n) is 3.66. The van der Waals surface area contributed by atoms with Gasteiger partial charge in [-0.2, -0.15) is 4.31 Å². The predicted molar refractivity (Wildman–Crippen MR) is 126 cm³/mol. The van der Waals surface area contributed by atoms with E-state index in [1.54, 1.807) is 25.3 Å². The van der Waals surface area contributed by atoms with Crippen LogP contribution >= 0.6 is 11.6 Å². The summed E-state index contributed by atoms with van der Waals surface area (Å²) in [6.45, 7) is 7.39. The minimum absolute atomic E-state index is 0.258. The maximum absolute atomic E-state index is 13.1. The zero-order chi connectivity index (χ0) is 22.9. The SMILES string of the molecule is Cc1ccnc(Nc2cc(N3CCN(S(=O)(=O)c4cc(Cl)ccc4C)CC3)nc(C)n2)c1. The zero-order valence-electron chi connectivity index (χ0n) is 18.2. The summed E-state index contributed by atoms with van der Waals surface area (Å²) in [4.78, 5) is 15.7. The standard InChI is InChI=1S/C22H25ClN6O2S/c1-15-6-7-24-20(12-15)27-21-14-22(26-17(3)25-21)28-8-10-29(11-9-28)32(30,31)19-13-18(23)5-4-16(19)2/h4-7,12-14H,8-11H2,1-3H3,(H,24,25,26,27). The quantitative estimate of drug-likeness (QED) is 0.605. The molecule has 0 radical (unpaired) electrons. The number of hydrogen-bond donors (Lipinski definition) is 1. The van der Waals surface area contributed by atoms with E-state index in [4.69, 9.17) is 11.6 Å². The van der Waals surface area contributed by atoms with Gasteiger partial charge >= 0.3 is 0 Å². The van der Waals surface area contributed by atoms with Crippen LogP contribution in [0, 0.1) is 20.8 Å². The average Bonchev–Trinajstić information content (AvgIpc) is 2.75. The van der Waals surface area contributed by atoms with Crippen LogP contribution in [0.3, 0.4) is 0 Å². The second kappa shape index (κ2) is 9.01. The molecule has 168 valence electrons. The van der Waals surface area contributed by atoms with Crippen LogP contribution in [-0.4, -0.2) is 53.9 Å². The smallest absolute Gasteiger partial charge is 0.243 e. The number of piperazine rings is 1. The number of sulfonamides is 1. The molecule has 1 aromatic carbocycles. The van der Waals surface area contributed by atoms with Crippen molar-refractivity contribution in [3.8, 4) is 0 Å². The van der Waals surface area contributed by atoms with Crippen LogP contribution in [-0.2, 0) is 10.0 Å². The molecule has 1 N–H and O–H groups in total. The van der Waals surface area contributed by atoms with Crippen molar-refractivity contribution in [1.29, 1.82) is 0 Å². The lowest BCUT2D eigenvalue weighted by Gasteiger charge is -2.35. The van der Waals surface area contributed by atoms with Gasteiger partial charge in [0, 0.05) is 43.5 Å². The summed E-state index contributed by atoms with van der Waals surface area (Å²) in [6.07, 6.45) is 1.74. The number of nitrogens with zero attached hydrogens (tertiary/aromatic N) is 5. The minimum atomic E-state index is -3.61. The Hall–Kier alpha value is -2.75.